The number of aromatic nitrogens is 1. The van der Waals surface area contributed by atoms with Gasteiger partial charge in [0.15, 0.2) is 0 Å². The van der Waals surface area contributed by atoms with Crippen LogP contribution < -0.4 is 5.73 Å². The van der Waals surface area contributed by atoms with E-state index in [1.165, 1.54) is 27.7 Å². The predicted octanol–water partition coefficient (Wildman–Crippen LogP) is 4.90. The van der Waals surface area contributed by atoms with Crippen LogP contribution in [0.3, 0.4) is 0 Å². The fraction of sp³-hybridized carbons (Fsp3) is 0.176. The Morgan fingerprint density at radius 2 is 1.86 bits per heavy atom. The molecule has 3 aromatic rings. The fourth-order valence-corrected chi connectivity index (χ4v) is 3.02. The summed E-state index contributed by atoms with van der Waals surface area (Å²) in [5.74, 6) is 0. The van der Waals surface area contributed by atoms with E-state index in [2.05, 4.69) is 58.2 Å². The summed E-state index contributed by atoms with van der Waals surface area (Å²) in [6.07, 6.45) is 0.840. The van der Waals surface area contributed by atoms with E-state index in [9.17, 15) is 0 Å². The zero-order valence-electron chi connectivity index (χ0n) is 11.8. The molecule has 1 aromatic heterocycles. The summed E-state index contributed by atoms with van der Waals surface area (Å²) in [6.45, 7) is 2.11. The summed E-state index contributed by atoms with van der Waals surface area (Å²) in [4.78, 5) is 3.43. The second kappa shape index (κ2) is 6.65. The van der Waals surface area contributed by atoms with Crippen LogP contribution in [0.15, 0.2) is 53.0 Å². The monoisotopic (exact) mass is 364 g/mol. The molecule has 0 aliphatic heterocycles. The minimum atomic E-state index is 0. The number of rotatable bonds is 3. The lowest BCUT2D eigenvalue weighted by molar-refractivity contribution is 0.722. The lowest BCUT2D eigenvalue weighted by Gasteiger charge is -2.12. The smallest absolute Gasteiger partial charge is 0.0459 e. The number of hydrogen-bond donors (Lipinski definition) is 2. The average Bonchev–Trinajstić information content (AvgIpc) is 2.76. The molecule has 1 heterocycles. The van der Waals surface area contributed by atoms with Crippen molar-refractivity contribution in [1.82, 2.24) is 4.98 Å². The molecule has 1 atom stereocenters. The van der Waals surface area contributed by atoms with Gasteiger partial charge in [0.25, 0.3) is 0 Å². The van der Waals surface area contributed by atoms with Gasteiger partial charge in [-0.25, -0.2) is 0 Å². The minimum absolute atomic E-state index is 0. The molecule has 3 N–H and O–H groups in total. The SMILES string of the molecule is Cc1[nH]c2ccc(Br)cc2c1C[C@H](N)c1ccccc1.Cl. The Hall–Kier alpha value is -1.29. The van der Waals surface area contributed by atoms with Gasteiger partial charge in [-0.2, -0.15) is 0 Å². The molecule has 2 nitrogen and oxygen atoms in total. The van der Waals surface area contributed by atoms with Gasteiger partial charge in [0.05, 0.1) is 0 Å². The molecule has 110 valence electrons. The molecule has 0 saturated heterocycles. The summed E-state index contributed by atoms with van der Waals surface area (Å²) in [7, 11) is 0. The molecular weight excluding hydrogens is 348 g/mol. The van der Waals surface area contributed by atoms with Crippen molar-refractivity contribution in [2.45, 2.75) is 19.4 Å². The van der Waals surface area contributed by atoms with Crippen molar-refractivity contribution in [2.75, 3.05) is 0 Å². The molecular formula is C17H18BrClN2. The lowest BCUT2D eigenvalue weighted by atomic mass is 9.98. The molecule has 0 fully saturated rings. The molecule has 4 heteroatoms. The van der Waals surface area contributed by atoms with E-state index in [1.54, 1.807) is 0 Å². The van der Waals surface area contributed by atoms with Crippen LogP contribution in [0.1, 0.15) is 22.9 Å². The van der Waals surface area contributed by atoms with Gasteiger partial charge in [-0.3, -0.25) is 0 Å². The van der Waals surface area contributed by atoms with Crippen LogP contribution in [0.5, 0.6) is 0 Å². The maximum absolute atomic E-state index is 6.36. The highest BCUT2D eigenvalue weighted by Gasteiger charge is 2.13. The Morgan fingerprint density at radius 3 is 2.57 bits per heavy atom. The molecule has 2 aromatic carbocycles. The summed E-state index contributed by atoms with van der Waals surface area (Å²) in [5.41, 5.74) is 11.2. The Balaban J connectivity index is 0.00000161. The van der Waals surface area contributed by atoms with E-state index in [4.69, 9.17) is 5.73 Å². The minimum Gasteiger partial charge on any atom is -0.358 e. The quantitative estimate of drug-likeness (QED) is 0.681. The van der Waals surface area contributed by atoms with Crippen molar-refractivity contribution in [1.29, 1.82) is 0 Å². The summed E-state index contributed by atoms with van der Waals surface area (Å²) in [5, 5.41) is 1.25. The Labute approximate surface area is 139 Å². The highest BCUT2D eigenvalue weighted by molar-refractivity contribution is 9.10. The standard InChI is InChI=1S/C17H17BrN2.ClH/c1-11-14(10-16(19)12-5-3-2-4-6-12)15-9-13(18)7-8-17(15)20-11;/h2-9,16,20H,10,19H2,1H3;1H/t16-;/m0./s1. The van der Waals surface area contributed by atoms with Crippen LogP contribution in [-0.2, 0) is 6.42 Å². The van der Waals surface area contributed by atoms with E-state index in [0.717, 1.165) is 10.9 Å². The van der Waals surface area contributed by atoms with Gasteiger partial charge in [0, 0.05) is 27.1 Å². The van der Waals surface area contributed by atoms with E-state index in [-0.39, 0.29) is 18.4 Å². The van der Waals surface area contributed by atoms with Crippen molar-refractivity contribution < 1.29 is 0 Å². The third kappa shape index (κ3) is 3.31. The average molecular weight is 366 g/mol. The van der Waals surface area contributed by atoms with Crippen LogP contribution in [0.4, 0.5) is 0 Å². The first-order valence-electron chi connectivity index (χ1n) is 6.72. The van der Waals surface area contributed by atoms with Crippen LogP contribution in [0.25, 0.3) is 10.9 Å². The van der Waals surface area contributed by atoms with Crippen molar-refractivity contribution >= 4 is 39.2 Å². The van der Waals surface area contributed by atoms with Crippen LogP contribution in [0.2, 0.25) is 0 Å². The number of aryl methyl sites for hydroxylation is 1. The Kier molecular flexibility index (Phi) is 5.09. The Morgan fingerprint density at radius 1 is 1.14 bits per heavy atom. The molecule has 0 aliphatic rings. The van der Waals surface area contributed by atoms with Gasteiger partial charge in [-0.05, 0) is 42.7 Å². The summed E-state index contributed by atoms with van der Waals surface area (Å²) >= 11 is 3.54. The van der Waals surface area contributed by atoms with E-state index in [0.29, 0.717) is 0 Å². The van der Waals surface area contributed by atoms with Crippen LogP contribution >= 0.6 is 28.3 Å². The highest BCUT2D eigenvalue weighted by atomic mass is 79.9. The number of fused-ring (bicyclic) bond motifs is 1. The van der Waals surface area contributed by atoms with Crippen LogP contribution in [0, 0.1) is 6.92 Å². The van der Waals surface area contributed by atoms with Gasteiger partial charge in [-0.15, -0.1) is 12.4 Å². The first-order chi connectivity index (χ1) is 9.65. The second-order valence-electron chi connectivity index (χ2n) is 5.14. The maximum Gasteiger partial charge on any atom is 0.0459 e. The van der Waals surface area contributed by atoms with E-state index >= 15 is 0 Å². The third-order valence-corrected chi connectivity index (χ3v) is 4.23. The Bertz CT molecular complexity index is 737. The molecule has 0 aliphatic carbocycles. The molecule has 0 unspecified atom stereocenters. The number of benzene rings is 2. The first kappa shape index (κ1) is 16.1. The van der Waals surface area contributed by atoms with Crippen molar-refractivity contribution in [3.63, 3.8) is 0 Å². The molecule has 0 bridgehead atoms. The second-order valence-corrected chi connectivity index (χ2v) is 6.06. The normalized spacial score (nSPS) is 12.1. The van der Waals surface area contributed by atoms with E-state index in [1.807, 2.05) is 18.2 Å². The summed E-state index contributed by atoms with van der Waals surface area (Å²) < 4.78 is 1.10. The number of H-pyrrole nitrogens is 1. The van der Waals surface area contributed by atoms with Crippen LogP contribution in [-0.4, -0.2) is 4.98 Å². The zero-order valence-corrected chi connectivity index (χ0v) is 14.2. The van der Waals surface area contributed by atoms with Gasteiger partial charge >= 0.3 is 0 Å². The van der Waals surface area contributed by atoms with Gasteiger partial charge < -0.3 is 10.7 Å². The molecule has 21 heavy (non-hydrogen) atoms. The van der Waals surface area contributed by atoms with Crippen molar-refractivity contribution in [3.05, 3.63) is 69.8 Å². The fourth-order valence-electron chi connectivity index (χ4n) is 2.66. The molecule has 0 radical (unpaired) electrons. The van der Waals surface area contributed by atoms with Gasteiger partial charge in [-0.1, -0.05) is 46.3 Å². The molecule has 0 spiro atoms. The number of hydrogen-bond acceptors (Lipinski definition) is 1. The molecule has 3 rings (SSSR count). The number of halogens is 2. The largest absolute Gasteiger partial charge is 0.358 e. The predicted molar refractivity (Wildman–Crippen MR) is 95.1 cm³/mol. The number of aromatic amines is 1. The first-order valence-corrected chi connectivity index (χ1v) is 7.51. The molecule has 0 saturated carbocycles. The maximum atomic E-state index is 6.36. The third-order valence-electron chi connectivity index (χ3n) is 3.73. The topological polar surface area (TPSA) is 41.8 Å². The van der Waals surface area contributed by atoms with Gasteiger partial charge in [0.1, 0.15) is 0 Å². The lowest BCUT2D eigenvalue weighted by Crippen LogP contribution is -2.13. The number of nitrogens with one attached hydrogen (secondary N) is 1. The van der Waals surface area contributed by atoms with E-state index < -0.39 is 0 Å². The zero-order chi connectivity index (χ0) is 14.1. The van der Waals surface area contributed by atoms with Gasteiger partial charge in [0.2, 0.25) is 0 Å². The number of nitrogens with two attached hydrogens (primary N) is 1. The molecule has 0 amide bonds. The van der Waals surface area contributed by atoms with Crippen molar-refractivity contribution in [2.24, 2.45) is 5.73 Å². The highest BCUT2D eigenvalue weighted by Crippen LogP contribution is 2.28. The van der Waals surface area contributed by atoms with Crippen molar-refractivity contribution in [3.8, 4) is 0 Å². The summed E-state index contributed by atoms with van der Waals surface area (Å²) in [6, 6.07) is 16.6.